The van der Waals surface area contributed by atoms with Crippen LogP contribution >= 0.6 is 0 Å². The lowest BCUT2D eigenvalue weighted by Gasteiger charge is -2.24. The number of nitrogens with zero attached hydrogens (tertiary/aromatic N) is 5. The molecule has 1 unspecified atom stereocenters. The van der Waals surface area contributed by atoms with E-state index >= 15 is 0 Å². The zero-order valence-electron chi connectivity index (χ0n) is 12.9. The van der Waals surface area contributed by atoms with E-state index in [0.717, 1.165) is 18.7 Å². The normalized spacial score (nSPS) is 19.2. The topological polar surface area (TPSA) is 38.4 Å². The molecule has 0 aromatic carbocycles. The van der Waals surface area contributed by atoms with Gasteiger partial charge in [-0.1, -0.05) is 6.07 Å². The summed E-state index contributed by atoms with van der Waals surface area (Å²) in [5.41, 5.74) is 3.57. The summed E-state index contributed by atoms with van der Waals surface area (Å²) in [5, 5.41) is 0. The van der Waals surface area contributed by atoms with Gasteiger partial charge in [0.25, 0.3) is 0 Å². The van der Waals surface area contributed by atoms with Crippen molar-refractivity contribution in [3.63, 3.8) is 0 Å². The van der Waals surface area contributed by atoms with Crippen LogP contribution in [0, 0.1) is 6.92 Å². The molecule has 1 aliphatic rings. The van der Waals surface area contributed by atoms with Gasteiger partial charge in [0.2, 0.25) is 0 Å². The van der Waals surface area contributed by atoms with Crippen molar-refractivity contribution in [2.75, 3.05) is 6.54 Å². The van der Waals surface area contributed by atoms with E-state index in [0.29, 0.717) is 6.04 Å². The predicted molar refractivity (Wildman–Crippen MR) is 85.6 cm³/mol. The molecule has 3 aromatic heterocycles. The van der Waals surface area contributed by atoms with E-state index in [2.05, 4.69) is 49.1 Å². The lowest BCUT2D eigenvalue weighted by molar-refractivity contribution is 0.221. The molecule has 1 atom stereocenters. The highest BCUT2D eigenvalue weighted by molar-refractivity contribution is 5.48. The van der Waals surface area contributed by atoms with Gasteiger partial charge in [0, 0.05) is 37.7 Å². The van der Waals surface area contributed by atoms with E-state index in [9.17, 15) is 0 Å². The lowest BCUT2D eigenvalue weighted by Crippen LogP contribution is -2.32. The molecule has 1 fully saturated rings. The molecule has 114 valence electrons. The van der Waals surface area contributed by atoms with Gasteiger partial charge in [-0.25, -0.2) is 9.97 Å². The monoisotopic (exact) mass is 295 g/mol. The van der Waals surface area contributed by atoms with Crippen molar-refractivity contribution in [2.24, 2.45) is 0 Å². The van der Waals surface area contributed by atoms with Gasteiger partial charge in [-0.05, 0) is 37.9 Å². The molecule has 0 N–H and O–H groups in total. The molecule has 0 spiro atoms. The fourth-order valence-corrected chi connectivity index (χ4v) is 3.48. The molecule has 5 heteroatoms. The van der Waals surface area contributed by atoms with E-state index in [-0.39, 0.29) is 0 Å². The van der Waals surface area contributed by atoms with Crippen LogP contribution in [0.4, 0.5) is 0 Å². The summed E-state index contributed by atoms with van der Waals surface area (Å²) in [7, 11) is 0. The number of rotatable bonds is 4. The molecule has 3 aromatic rings. The number of aromatic nitrogens is 4. The Morgan fingerprint density at radius 3 is 3.14 bits per heavy atom. The maximum Gasteiger partial charge on any atom is 0.139 e. The average Bonchev–Trinajstić information content (AvgIpc) is 3.24. The van der Waals surface area contributed by atoms with Crippen molar-refractivity contribution in [1.82, 2.24) is 23.8 Å². The van der Waals surface area contributed by atoms with E-state index in [1.807, 2.05) is 24.9 Å². The highest BCUT2D eigenvalue weighted by Crippen LogP contribution is 2.22. The molecule has 1 aliphatic heterocycles. The molecule has 0 radical (unpaired) electrons. The van der Waals surface area contributed by atoms with Crippen molar-refractivity contribution in [3.05, 3.63) is 54.5 Å². The van der Waals surface area contributed by atoms with Crippen molar-refractivity contribution in [1.29, 1.82) is 0 Å². The van der Waals surface area contributed by atoms with Gasteiger partial charge < -0.3 is 8.97 Å². The molecular weight excluding hydrogens is 274 g/mol. The van der Waals surface area contributed by atoms with Gasteiger partial charge in [-0.3, -0.25) is 4.90 Å². The Bertz CT molecular complexity index is 759. The summed E-state index contributed by atoms with van der Waals surface area (Å²) in [6, 6.07) is 4.80. The third-order valence-electron chi connectivity index (χ3n) is 4.65. The Labute approximate surface area is 130 Å². The second kappa shape index (κ2) is 5.57. The number of hydrogen-bond acceptors (Lipinski definition) is 3. The zero-order valence-corrected chi connectivity index (χ0v) is 12.9. The van der Waals surface area contributed by atoms with Gasteiger partial charge in [-0.2, -0.15) is 0 Å². The smallest absolute Gasteiger partial charge is 0.139 e. The standard InChI is InChI=1S/C17H21N5/c1-14-4-2-8-22-16(10-19-17(14)22)12-21-7-3-5-15(21)11-20-9-6-18-13-20/h2,4,6,8-10,13,15H,3,5,7,11-12H2,1H3. The number of imidazole rings is 2. The summed E-state index contributed by atoms with van der Waals surface area (Å²) in [4.78, 5) is 11.3. The molecule has 4 heterocycles. The van der Waals surface area contributed by atoms with Crippen LogP contribution in [0.5, 0.6) is 0 Å². The number of fused-ring (bicyclic) bond motifs is 1. The maximum absolute atomic E-state index is 4.58. The first-order valence-electron chi connectivity index (χ1n) is 7.92. The molecule has 0 amide bonds. The molecule has 22 heavy (non-hydrogen) atoms. The Morgan fingerprint density at radius 1 is 1.32 bits per heavy atom. The maximum atomic E-state index is 4.58. The van der Waals surface area contributed by atoms with Crippen molar-refractivity contribution in [3.8, 4) is 0 Å². The molecular formula is C17H21N5. The van der Waals surface area contributed by atoms with Crippen LogP contribution in [0.25, 0.3) is 5.65 Å². The fourth-order valence-electron chi connectivity index (χ4n) is 3.48. The largest absolute Gasteiger partial charge is 0.336 e. The first-order valence-corrected chi connectivity index (χ1v) is 7.92. The summed E-state index contributed by atoms with van der Waals surface area (Å²) in [5.74, 6) is 0. The number of aryl methyl sites for hydroxylation is 1. The minimum atomic E-state index is 0.588. The Morgan fingerprint density at radius 2 is 2.27 bits per heavy atom. The van der Waals surface area contributed by atoms with Gasteiger partial charge in [-0.15, -0.1) is 0 Å². The minimum absolute atomic E-state index is 0.588. The Hall–Kier alpha value is -2.14. The average molecular weight is 295 g/mol. The number of hydrogen-bond donors (Lipinski definition) is 0. The second-order valence-electron chi connectivity index (χ2n) is 6.16. The number of pyridine rings is 1. The second-order valence-corrected chi connectivity index (χ2v) is 6.16. The molecule has 4 rings (SSSR count). The van der Waals surface area contributed by atoms with Crippen LogP contribution in [0.3, 0.4) is 0 Å². The van der Waals surface area contributed by atoms with Crippen LogP contribution in [-0.4, -0.2) is 36.4 Å². The molecule has 0 saturated carbocycles. The summed E-state index contributed by atoms with van der Waals surface area (Å²) >= 11 is 0. The van der Waals surface area contributed by atoms with Gasteiger partial charge in [0.05, 0.1) is 18.2 Å². The number of likely N-dealkylation sites (tertiary alicyclic amines) is 1. The van der Waals surface area contributed by atoms with E-state index < -0.39 is 0 Å². The van der Waals surface area contributed by atoms with Crippen LogP contribution < -0.4 is 0 Å². The minimum Gasteiger partial charge on any atom is -0.336 e. The van der Waals surface area contributed by atoms with Gasteiger partial charge in [0.15, 0.2) is 0 Å². The Balaban J connectivity index is 1.55. The molecule has 5 nitrogen and oxygen atoms in total. The van der Waals surface area contributed by atoms with Crippen molar-refractivity contribution < 1.29 is 0 Å². The summed E-state index contributed by atoms with van der Waals surface area (Å²) < 4.78 is 4.41. The summed E-state index contributed by atoms with van der Waals surface area (Å²) in [6.45, 7) is 5.27. The first kappa shape index (κ1) is 13.5. The predicted octanol–water partition coefficient (Wildman–Crippen LogP) is 2.50. The van der Waals surface area contributed by atoms with E-state index in [1.54, 1.807) is 0 Å². The van der Waals surface area contributed by atoms with Crippen LogP contribution in [0.1, 0.15) is 24.1 Å². The molecule has 1 saturated heterocycles. The quantitative estimate of drug-likeness (QED) is 0.742. The van der Waals surface area contributed by atoms with E-state index in [4.69, 9.17) is 0 Å². The lowest BCUT2D eigenvalue weighted by atomic mass is 10.2. The molecule has 0 bridgehead atoms. The van der Waals surface area contributed by atoms with E-state index in [1.165, 1.54) is 30.6 Å². The summed E-state index contributed by atoms with van der Waals surface area (Å²) in [6.07, 6.45) is 12.5. The SMILES string of the molecule is Cc1cccn2c(CN3CCCC3Cn3ccnc3)cnc12. The van der Waals surface area contributed by atoms with Crippen LogP contribution in [-0.2, 0) is 13.1 Å². The van der Waals surface area contributed by atoms with Gasteiger partial charge in [0.1, 0.15) is 5.65 Å². The van der Waals surface area contributed by atoms with Crippen LogP contribution in [0.15, 0.2) is 43.2 Å². The first-order chi connectivity index (χ1) is 10.8. The van der Waals surface area contributed by atoms with Crippen molar-refractivity contribution >= 4 is 5.65 Å². The highest BCUT2D eigenvalue weighted by atomic mass is 15.2. The zero-order chi connectivity index (χ0) is 14.9. The van der Waals surface area contributed by atoms with Crippen molar-refractivity contribution in [2.45, 2.75) is 38.9 Å². The highest BCUT2D eigenvalue weighted by Gasteiger charge is 2.25. The fraction of sp³-hybridized carbons (Fsp3) is 0.412. The van der Waals surface area contributed by atoms with Gasteiger partial charge >= 0.3 is 0 Å². The third-order valence-corrected chi connectivity index (χ3v) is 4.65. The van der Waals surface area contributed by atoms with Crippen LogP contribution in [0.2, 0.25) is 0 Å². The third kappa shape index (κ3) is 2.41. The Kier molecular flexibility index (Phi) is 3.42. The molecule has 0 aliphatic carbocycles.